The van der Waals surface area contributed by atoms with E-state index < -0.39 is 28.8 Å². The molecule has 162 valence electrons. The van der Waals surface area contributed by atoms with Crippen LogP contribution in [0.3, 0.4) is 0 Å². The molecule has 0 fully saturated rings. The zero-order chi connectivity index (χ0) is 22.3. The van der Waals surface area contributed by atoms with Crippen LogP contribution in [0.5, 0.6) is 0 Å². The number of hydrogen-bond donors (Lipinski definition) is 4. The number of carbonyl (C=O) groups excluding carboxylic acids is 1. The van der Waals surface area contributed by atoms with E-state index >= 15 is 0 Å². The molecule has 0 saturated heterocycles. The van der Waals surface area contributed by atoms with Gasteiger partial charge in [-0.15, -0.1) is 0 Å². The number of anilines is 1. The number of carboxylic acids is 1. The summed E-state index contributed by atoms with van der Waals surface area (Å²) in [6, 6.07) is 7.19. The van der Waals surface area contributed by atoms with E-state index in [4.69, 9.17) is 16.7 Å². The van der Waals surface area contributed by atoms with Gasteiger partial charge >= 0.3 is 18.2 Å². The number of fused-ring (bicyclic) bond motifs is 3. The quantitative estimate of drug-likeness (QED) is 0.440. The number of rotatable bonds is 3. The monoisotopic (exact) mass is 451 g/mol. The van der Waals surface area contributed by atoms with Gasteiger partial charge in [0, 0.05) is 28.3 Å². The second-order valence-electron chi connectivity index (χ2n) is 7.38. The second kappa shape index (κ2) is 7.81. The summed E-state index contributed by atoms with van der Waals surface area (Å²) in [5.74, 6) is -1.01. The molecule has 4 N–H and O–H groups in total. The van der Waals surface area contributed by atoms with Crippen molar-refractivity contribution in [3.8, 4) is 0 Å². The van der Waals surface area contributed by atoms with Crippen LogP contribution in [0.1, 0.15) is 33.6 Å². The Bertz CT molecular complexity index is 1190. The van der Waals surface area contributed by atoms with E-state index in [2.05, 4.69) is 15.6 Å². The third kappa shape index (κ3) is 4.32. The van der Waals surface area contributed by atoms with Gasteiger partial charge in [0.05, 0.1) is 16.1 Å². The molecule has 0 bridgehead atoms. The molecule has 0 spiro atoms. The fourth-order valence-corrected chi connectivity index (χ4v) is 4.08. The molecule has 2 aromatic carbocycles. The fourth-order valence-electron chi connectivity index (χ4n) is 3.85. The van der Waals surface area contributed by atoms with E-state index in [9.17, 15) is 22.8 Å². The molecule has 1 aliphatic rings. The zero-order valence-electron chi connectivity index (χ0n) is 15.9. The number of amides is 2. The van der Waals surface area contributed by atoms with Crippen LogP contribution in [0.2, 0.25) is 5.02 Å². The minimum atomic E-state index is -4.62. The SMILES string of the molecule is O=C(Nc1ccc(Cl)c(C(F)(F)F)c1)NC1CCc2[nH]c3cc(C(=O)O)ccc3c2C1. The molecule has 6 nitrogen and oxygen atoms in total. The van der Waals surface area contributed by atoms with Crippen LogP contribution in [-0.2, 0) is 19.0 Å². The highest BCUT2D eigenvalue weighted by Gasteiger charge is 2.33. The van der Waals surface area contributed by atoms with Crippen LogP contribution < -0.4 is 10.6 Å². The fraction of sp³-hybridized carbons (Fsp3) is 0.238. The summed E-state index contributed by atoms with van der Waals surface area (Å²) in [5.41, 5.74) is 1.85. The summed E-state index contributed by atoms with van der Waals surface area (Å²) in [5, 5.41) is 14.8. The Morgan fingerprint density at radius 1 is 1.16 bits per heavy atom. The second-order valence-corrected chi connectivity index (χ2v) is 7.79. The first-order valence-electron chi connectivity index (χ1n) is 9.43. The predicted octanol–water partition coefficient (Wildman–Crippen LogP) is 5.22. The maximum Gasteiger partial charge on any atom is 0.417 e. The van der Waals surface area contributed by atoms with Crippen molar-refractivity contribution in [2.45, 2.75) is 31.5 Å². The number of aryl methyl sites for hydroxylation is 1. The molecule has 2 amide bonds. The van der Waals surface area contributed by atoms with Crippen molar-refractivity contribution in [2.75, 3.05) is 5.32 Å². The van der Waals surface area contributed by atoms with Crippen molar-refractivity contribution in [3.63, 3.8) is 0 Å². The van der Waals surface area contributed by atoms with Crippen LogP contribution in [0.15, 0.2) is 36.4 Å². The van der Waals surface area contributed by atoms with Gasteiger partial charge in [-0.05, 0) is 55.2 Å². The van der Waals surface area contributed by atoms with E-state index in [1.165, 1.54) is 12.1 Å². The standard InChI is InChI=1S/C21H17ClF3N3O3/c22-16-5-2-12(9-15(16)21(23,24)25)27-20(31)26-11-3-6-17-14(8-11)13-4-1-10(19(29)30)7-18(13)28-17/h1-2,4-5,7,9,11,28H,3,6,8H2,(H,29,30)(H2,26,27,31). The topological polar surface area (TPSA) is 94.2 Å². The van der Waals surface area contributed by atoms with Crippen LogP contribution in [0, 0.1) is 0 Å². The molecule has 0 saturated carbocycles. The van der Waals surface area contributed by atoms with Crippen LogP contribution in [-0.4, -0.2) is 28.1 Å². The minimum absolute atomic E-state index is 0.0148. The van der Waals surface area contributed by atoms with Gasteiger partial charge in [-0.2, -0.15) is 13.2 Å². The molecule has 4 rings (SSSR count). The Morgan fingerprint density at radius 2 is 1.94 bits per heavy atom. The molecule has 0 aliphatic heterocycles. The van der Waals surface area contributed by atoms with Crippen molar-refractivity contribution in [1.82, 2.24) is 10.3 Å². The molecule has 1 atom stereocenters. The average molecular weight is 452 g/mol. The third-order valence-electron chi connectivity index (χ3n) is 5.30. The van der Waals surface area contributed by atoms with Crippen molar-refractivity contribution in [1.29, 1.82) is 0 Å². The van der Waals surface area contributed by atoms with E-state index in [-0.39, 0.29) is 17.3 Å². The van der Waals surface area contributed by atoms with Gasteiger partial charge in [0.25, 0.3) is 0 Å². The first-order valence-corrected chi connectivity index (χ1v) is 9.80. The maximum absolute atomic E-state index is 13.0. The molecule has 1 aromatic heterocycles. The number of hydrogen-bond acceptors (Lipinski definition) is 2. The van der Waals surface area contributed by atoms with E-state index in [0.29, 0.717) is 19.3 Å². The zero-order valence-corrected chi connectivity index (χ0v) is 16.7. The lowest BCUT2D eigenvalue weighted by Gasteiger charge is -2.24. The highest BCUT2D eigenvalue weighted by Crippen LogP contribution is 2.36. The molecule has 1 aliphatic carbocycles. The van der Waals surface area contributed by atoms with E-state index in [1.54, 1.807) is 12.1 Å². The molecule has 1 heterocycles. The summed E-state index contributed by atoms with van der Waals surface area (Å²) in [6.07, 6.45) is -2.82. The molecule has 31 heavy (non-hydrogen) atoms. The molecule has 1 unspecified atom stereocenters. The Kier molecular flexibility index (Phi) is 5.30. The molecule has 10 heteroatoms. The number of carbonyl (C=O) groups is 2. The van der Waals surface area contributed by atoms with Gasteiger partial charge in [-0.1, -0.05) is 17.7 Å². The number of urea groups is 1. The van der Waals surface area contributed by atoms with Crippen LogP contribution >= 0.6 is 11.6 Å². The normalized spacial score (nSPS) is 16.1. The number of nitrogens with one attached hydrogen (secondary N) is 3. The maximum atomic E-state index is 13.0. The van der Waals surface area contributed by atoms with Crippen molar-refractivity contribution < 1.29 is 27.9 Å². The Labute approximate surface area is 179 Å². The van der Waals surface area contributed by atoms with Gasteiger partial charge < -0.3 is 20.7 Å². The van der Waals surface area contributed by atoms with Gasteiger partial charge in [0.1, 0.15) is 0 Å². The number of aromatic nitrogens is 1. The summed E-state index contributed by atoms with van der Waals surface area (Å²) in [6.45, 7) is 0. The Morgan fingerprint density at radius 3 is 2.65 bits per heavy atom. The Balaban J connectivity index is 1.47. The van der Waals surface area contributed by atoms with Crippen molar-refractivity contribution >= 4 is 40.2 Å². The summed E-state index contributed by atoms with van der Waals surface area (Å²) in [4.78, 5) is 26.8. The first-order chi connectivity index (χ1) is 14.6. The highest BCUT2D eigenvalue weighted by atomic mass is 35.5. The van der Waals surface area contributed by atoms with Gasteiger partial charge in [-0.3, -0.25) is 0 Å². The highest BCUT2D eigenvalue weighted by molar-refractivity contribution is 6.31. The number of halogens is 4. The van der Waals surface area contributed by atoms with E-state index in [0.717, 1.165) is 34.3 Å². The van der Waals surface area contributed by atoms with E-state index in [1.807, 2.05) is 0 Å². The predicted molar refractivity (Wildman–Crippen MR) is 110 cm³/mol. The first kappa shape index (κ1) is 21.0. The number of benzene rings is 2. The summed E-state index contributed by atoms with van der Waals surface area (Å²) in [7, 11) is 0. The van der Waals surface area contributed by atoms with Crippen molar-refractivity contribution in [3.05, 3.63) is 63.8 Å². The molecular weight excluding hydrogens is 435 g/mol. The van der Waals surface area contributed by atoms with Gasteiger partial charge in [-0.25, -0.2) is 9.59 Å². The molecule has 3 aromatic rings. The lowest BCUT2D eigenvalue weighted by molar-refractivity contribution is -0.137. The van der Waals surface area contributed by atoms with Crippen LogP contribution in [0.25, 0.3) is 10.9 Å². The number of alkyl halides is 3. The molecule has 0 radical (unpaired) electrons. The lowest BCUT2D eigenvalue weighted by Crippen LogP contribution is -2.41. The number of carboxylic acid groups (broad SMARTS) is 1. The third-order valence-corrected chi connectivity index (χ3v) is 5.63. The summed E-state index contributed by atoms with van der Waals surface area (Å²) < 4.78 is 39.0. The minimum Gasteiger partial charge on any atom is -0.478 e. The smallest absolute Gasteiger partial charge is 0.417 e. The number of aromatic amines is 1. The largest absolute Gasteiger partial charge is 0.478 e. The number of aromatic carboxylic acids is 1. The number of H-pyrrole nitrogens is 1. The Hall–Kier alpha value is -3.20. The molecular formula is C21H17ClF3N3O3. The van der Waals surface area contributed by atoms with Crippen molar-refractivity contribution in [2.24, 2.45) is 0 Å². The summed E-state index contributed by atoms with van der Waals surface area (Å²) >= 11 is 5.60. The van der Waals surface area contributed by atoms with Crippen LogP contribution in [0.4, 0.5) is 23.7 Å². The van der Waals surface area contributed by atoms with Gasteiger partial charge in [0.15, 0.2) is 0 Å². The van der Waals surface area contributed by atoms with Gasteiger partial charge in [0.2, 0.25) is 0 Å². The lowest BCUT2D eigenvalue weighted by atomic mass is 9.91. The average Bonchev–Trinajstić information content (AvgIpc) is 3.05.